The SMILES string of the molecule is CCC(C)(C)C(=O)OC(C)(C)C.CCC(C)(C)C(=O)OC(C)(OCC1CC2CCC1C2)C(F)F. The average molecular weight is 491 g/mol. The maximum absolute atomic E-state index is 13.4. The van der Waals surface area contributed by atoms with E-state index in [1.54, 1.807) is 13.8 Å². The highest BCUT2D eigenvalue weighted by Crippen LogP contribution is 2.48. The van der Waals surface area contributed by atoms with Crippen molar-refractivity contribution in [1.82, 2.24) is 0 Å². The molecular formula is C27H48F2O5. The summed E-state index contributed by atoms with van der Waals surface area (Å²) in [7, 11) is 0. The van der Waals surface area contributed by atoms with Crippen LogP contribution < -0.4 is 0 Å². The second kappa shape index (κ2) is 11.7. The van der Waals surface area contributed by atoms with Gasteiger partial charge in [-0.2, -0.15) is 0 Å². The van der Waals surface area contributed by atoms with Gasteiger partial charge in [-0.1, -0.05) is 20.3 Å². The molecule has 0 aromatic heterocycles. The van der Waals surface area contributed by atoms with Gasteiger partial charge in [-0.3, -0.25) is 9.59 Å². The monoisotopic (exact) mass is 490 g/mol. The molecule has 2 aliphatic rings. The van der Waals surface area contributed by atoms with Gasteiger partial charge in [0.2, 0.25) is 0 Å². The summed E-state index contributed by atoms with van der Waals surface area (Å²) in [4.78, 5) is 23.6. The molecule has 0 aliphatic heterocycles. The van der Waals surface area contributed by atoms with Gasteiger partial charge in [0.1, 0.15) is 5.60 Å². The Kier molecular flexibility index (Phi) is 10.6. The van der Waals surface area contributed by atoms with Gasteiger partial charge in [-0.25, -0.2) is 8.78 Å². The van der Waals surface area contributed by atoms with Crippen molar-refractivity contribution in [2.45, 2.75) is 126 Å². The average Bonchev–Trinajstić information content (AvgIpc) is 3.34. The molecule has 0 N–H and O–H groups in total. The smallest absolute Gasteiger partial charge is 0.314 e. The molecule has 2 fully saturated rings. The van der Waals surface area contributed by atoms with E-state index in [1.165, 1.54) is 26.2 Å². The number of esters is 2. The van der Waals surface area contributed by atoms with Gasteiger partial charge in [0.25, 0.3) is 5.79 Å². The second-order valence-electron chi connectivity index (χ2n) is 12.4. The Balaban J connectivity index is 0.000000411. The van der Waals surface area contributed by atoms with E-state index in [4.69, 9.17) is 14.2 Å². The quantitative estimate of drug-likeness (QED) is 0.253. The fourth-order valence-corrected chi connectivity index (χ4v) is 4.02. The molecule has 4 unspecified atom stereocenters. The molecule has 0 heterocycles. The van der Waals surface area contributed by atoms with E-state index < -0.39 is 23.6 Å². The lowest BCUT2D eigenvalue weighted by Crippen LogP contribution is -2.46. The largest absolute Gasteiger partial charge is 0.460 e. The maximum atomic E-state index is 13.4. The fraction of sp³-hybridized carbons (Fsp3) is 0.926. The van der Waals surface area contributed by atoms with Gasteiger partial charge in [-0.05, 0) is 98.3 Å². The standard InChI is InChI=1S/C17H28F2O3.C10H20O2/c1-5-16(2,3)15(20)22-17(4,14(18)19)21-10-13-9-11-6-7-12(13)8-11;1-7-10(5,6)8(11)12-9(2,3)4/h11-14H,5-10H2,1-4H3;7H2,1-6H3. The van der Waals surface area contributed by atoms with E-state index in [0.717, 1.165) is 18.8 Å². The molecule has 0 aromatic carbocycles. The number of hydrogen-bond acceptors (Lipinski definition) is 5. The summed E-state index contributed by atoms with van der Waals surface area (Å²) >= 11 is 0. The summed E-state index contributed by atoms with van der Waals surface area (Å²) in [6.45, 7) is 18.1. The van der Waals surface area contributed by atoms with Gasteiger partial charge < -0.3 is 14.2 Å². The highest BCUT2D eigenvalue weighted by Gasteiger charge is 2.46. The second-order valence-corrected chi connectivity index (χ2v) is 12.4. The van der Waals surface area contributed by atoms with Gasteiger partial charge in [0.15, 0.2) is 0 Å². The number of hydrogen-bond donors (Lipinski definition) is 0. The molecule has 2 aliphatic carbocycles. The number of fused-ring (bicyclic) bond motifs is 2. The predicted octanol–water partition coefficient (Wildman–Crippen LogP) is 7.16. The zero-order valence-corrected chi connectivity index (χ0v) is 23.1. The fourth-order valence-electron chi connectivity index (χ4n) is 4.02. The van der Waals surface area contributed by atoms with Crippen LogP contribution in [0, 0.1) is 28.6 Å². The van der Waals surface area contributed by atoms with E-state index in [2.05, 4.69) is 0 Å². The van der Waals surface area contributed by atoms with Crippen LogP contribution in [0.1, 0.15) is 108 Å². The van der Waals surface area contributed by atoms with Gasteiger partial charge in [-0.15, -0.1) is 0 Å². The first-order chi connectivity index (χ1) is 15.4. The lowest BCUT2D eigenvalue weighted by molar-refractivity contribution is -0.281. The van der Waals surface area contributed by atoms with E-state index in [-0.39, 0.29) is 23.6 Å². The summed E-state index contributed by atoms with van der Waals surface area (Å²) < 4.78 is 42.6. The molecule has 0 amide bonds. The maximum Gasteiger partial charge on any atom is 0.314 e. The molecule has 4 atom stereocenters. The van der Waals surface area contributed by atoms with Crippen LogP contribution in [0.5, 0.6) is 0 Å². The zero-order valence-electron chi connectivity index (χ0n) is 23.1. The Hall–Kier alpha value is -1.24. The van der Waals surface area contributed by atoms with Crippen molar-refractivity contribution in [1.29, 1.82) is 0 Å². The molecule has 200 valence electrons. The lowest BCUT2D eigenvalue weighted by Gasteiger charge is -2.34. The number of carbonyl (C=O) groups excluding carboxylic acids is 2. The molecule has 0 aromatic rings. The van der Waals surface area contributed by atoms with Crippen LogP contribution in [0.3, 0.4) is 0 Å². The Morgan fingerprint density at radius 1 is 0.824 bits per heavy atom. The van der Waals surface area contributed by atoms with E-state index >= 15 is 0 Å². The van der Waals surface area contributed by atoms with Crippen LogP contribution in [-0.4, -0.2) is 36.4 Å². The number of alkyl halides is 2. The normalized spacial score (nSPS) is 24.3. The summed E-state index contributed by atoms with van der Waals surface area (Å²) in [6, 6.07) is 0. The van der Waals surface area contributed by atoms with Gasteiger partial charge >= 0.3 is 18.4 Å². The number of ether oxygens (including phenoxy) is 3. The van der Waals surface area contributed by atoms with E-state index in [1.807, 2.05) is 48.5 Å². The Labute approximate surface area is 205 Å². The lowest BCUT2D eigenvalue weighted by atomic mass is 9.89. The Morgan fingerprint density at radius 2 is 1.32 bits per heavy atom. The first-order valence-electron chi connectivity index (χ1n) is 12.8. The first kappa shape index (κ1) is 30.8. The summed E-state index contributed by atoms with van der Waals surface area (Å²) in [5.74, 6) is -1.24. The van der Waals surface area contributed by atoms with Crippen molar-refractivity contribution in [3.05, 3.63) is 0 Å². The van der Waals surface area contributed by atoms with Gasteiger partial charge in [0.05, 0.1) is 17.4 Å². The minimum Gasteiger partial charge on any atom is -0.460 e. The summed E-state index contributed by atoms with van der Waals surface area (Å²) in [5, 5.41) is 0. The summed E-state index contributed by atoms with van der Waals surface area (Å²) in [5.41, 5.74) is -1.51. The third-order valence-corrected chi connectivity index (χ3v) is 7.43. The van der Waals surface area contributed by atoms with Crippen molar-refractivity contribution < 1.29 is 32.6 Å². The minimum absolute atomic E-state index is 0.113. The molecular weight excluding hydrogens is 442 g/mol. The van der Waals surface area contributed by atoms with Crippen LogP contribution in [-0.2, 0) is 23.8 Å². The predicted molar refractivity (Wildman–Crippen MR) is 129 cm³/mol. The molecule has 0 saturated heterocycles. The third kappa shape index (κ3) is 8.76. The third-order valence-electron chi connectivity index (χ3n) is 7.43. The van der Waals surface area contributed by atoms with Crippen molar-refractivity contribution in [3.8, 4) is 0 Å². The van der Waals surface area contributed by atoms with Crippen molar-refractivity contribution in [2.75, 3.05) is 6.61 Å². The minimum atomic E-state index is -2.86. The first-order valence-corrected chi connectivity index (χ1v) is 12.8. The van der Waals surface area contributed by atoms with E-state index in [9.17, 15) is 18.4 Å². The highest BCUT2D eigenvalue weighted by molar-refractivity contribution is 5.76. The Morgan fingerprint density at radius 3 is 1.68 bits per heavy atom. The van der Waals surface area contributed by atoms with Crippen LogP contribution in [0.4, 0.5) is 8.78 Å². The van der Waals surface area contributed by atoms with Crippen molar-refractivity contribution in [2.24, 2.45) is 28.6 Å². The topological polar surface area (TPSA) is 61.8 Å². The zero-order chi connectivity index (χ0) is 26.5. The summed E-state index contributed by atoms with van der Waals surface area (Å²) in [6.07, 6.45) is 3.15. The number of carbonyl (C=O) groups is 2. The molecule has 2 saturated carbocycles. The molecule has 0 spiro atoms. The highest BCUT2D eigenvalue weighted by atomic mass is 19.3. The van der Waals surface area contributed by atoms with Crippen LogP contribution in [0.25, 0.3) is 0 Å². The van der Waals surface area contributed by atoms with Crippen LogP contribution in [0.2, 0.25) is 0 Å². The van der Waals surface area contributed by atoms with Crippen LogP contribution in [0.15, 0.2) is 0 Å². The van der Waals surface area contributed by atoms with Crippen molar-refractivity contribution in [3.63, 3.8) is 0 Å². The van der Waals surface area contributed by atoms with E-state index in [0.29, 0.717) is 18.3 Å². The van der Waals surface area contributed by atoms with Crippen LogP contribution >= 0.6 is 0 Å². The number of halogens is 2. The molecule has 2 rings (SSSR count). The molecule has 34 heavy (non-hydrogen) atoms. The molecule has 7 heteroatoms. The molecule has 2 bridgehead atoms. The molecule has 0 radical (unpaired) electrons. The number of rotatable bonds is 9. The van der Waals surface area contributed by atoms with Gasteiger partial charge in [0, 0.05) is 6.92 Å². The molecule has 5 nitrogen and oxygen atoms in total. The Bertz CT molecular complexity index is 683. The van der Waals surface area contributed by atoms with Crippen molar-refractivity contribution >= 4 is 11.9 Å².